The Morgan fingerprint density at radius 1 is 0.818 bits per heavy atom. The molecule has 0 radical (unpaired) electrons. The molecule has 0 aliphatic carbocycles. The van der Waals surface area contributed by atoms with Gasteiger partial charge in [-0.3, -0.25) is 24.5 Å². The molecule has 0 bridgehead atoms. The lowest BCUT2D eigenvalue weighted by Crippen LogP contribution is -2.49. The maximum absolute atomic E-state index is 13.6. The second-order valence-corrected chi connectivity index (χ2v) is 21.5. The van der Waals surface area contributed by atoms with Crippen LogP contribution in [-0.4, -0.2) is 103 Å². The Balaban J connectivity index is 0.862. The first-order chi connectivity index (χ1) is 31.9. The summed E-state index contributed by atoms with van der Waals surface area (Å²) in [6.07, 6.45) is 8.55. The molecule has 2 amide bonds. The Hall–Kier alpha value is -6.21. The molecule has 0 saturated carbocycles. The van der Waals surface area contributed by atoms with Crippen LogP contribution >= 0.6 is 18.7 Å². The quantitative estimate of drug-likeness (QED) is 0.0753. The van der Waals surface area contributed by atoms with Crippen LogP contribution in [0.5, 0.6) is 5.75 Å². The normalized spacial score (nSPS) is 17.4. The van der Waals surface area contributed by atoms with Crippen molar-refractivity contribution in [1.82, 2.24) is 30.0 Å². The van der Waals surface area contributed by atoms with E-state index in [2.05, 4.69) is 65.0 Å². The Bertz CT molecular complexity index is 2760. The average Bonchev–Trinajstić information content (AvgIpc) is 3.76. The van der Waals surface area contributed by atoms with Gasteiger partial charge >= 0.3 is 0 Å². The van der Waals surface area contributed by atoms with Gasteiger partial charge in [-0.2, -0.15) is 10.1 Å². The molecule has 16 heteroatoms. The number of piperazine rings is 1. The summed E-state index contributed by atoms with van der Waals surface area (Å²) in [5, 5.41) is 14.8. The van der Waals surface area contributed by atoms with Gasteiger partial charge in [-0.05, 0) is 85.5 Å². The van der Waals surface area contributed by atoms with Crippen molar-refractivity contribution in [3.63, 3.8) is 0 Å². The van der Waals surface area contributed by atoms with E-state index in [4.69, 9.17) is 21.3 Å². The van der Waals surface area contributed by atoms with Crippen molar-refractivity contribution >= 4 is 70.4 Å². The predicted octanol–water partition coefficient (Wildman–Crippen LogP) is 8.50. The van der Waals surface area contributed by atoms with Crippen LogP contribution < -0.4 is 35.8 Å². The molecular weight excluding hydrogens is 871 g/mol. The van der Waals surface area contributed by atoms with Crippen molar-refractivity contribution in [2.75, 3.05) is 86.7 Å². The van der Waals surface area contributed by atoms with Gasteiger partial charge in [0.05, 0.1) is 36.8 Å². The highest BCUT2D eigenvalue weighted by Crippen LogP contribution is 2.43. The highest BCUT2D eigenvalue weighted by atomic mass is 35.5. The predicted molar refractivity (Wildman–Crippen MR) is 265 cm³/mol. The number of hydrogen-bond donors (Lipinski definition) is 3. The van der Waals surface area contributed by atoms with Crippen molar-refractivity contribution < 1.29 is 18.9 Å². The molecule has 14 nitrogen and oxygen atoms in total. The number of nitrogens with zero attached hydrogens (tertiary/aromatic N) is 7. The summed E-state index contributed by atoms with van der Waals surface area (Å²) in [5.74, 6) is 1.28. The van der Waals surface area contributed by atoms with E-state index in [9.17, 15) is 14.2 Å². The number of aromatic nitrogens is 4. The molecule has 1 unspecified atom stereocenters. The van der Waals surface area contributed by atoms with Gasteiger partial charge in [0.1, 0.15) is 17.9 Å². The summed E-state index contributed by atoms with van der Waals surface area (Å²) < 4.78 is 21.4. The maximum Gasteiger partial charge on any atom is 0.234 e. The number of carbonyl (C=O) groups is 2. The number of anilines is 6. The highest BCUT2D eigenvalue weighted by molar-refractivity contribution is 7.70. The van der Waals surface area contributed by atoms with Gasteiger partial charge in [0.2, 0.25) is 17.8 Å². The van der Waals surface area contributed by atoms with Crippen LogP contribution in [0, 0.1) is 5.92 Å². The number of carbonyl (C=O) groups excluding carboxylic acids is 2. The van der Waals surface area contributed by atoms with Crippen LogP contribution in [0.2, 0.25) is 5.02 Å². The molecule has 3 fully saturated rings. The number of ether oxygens (including phenoxy) is 1. The SMILES string of the molecule is COc1cc(N2CCC(CN3CCN(c4ccc(C5CCC(=O)NC5=O)cc4)CC3)CC2)c(-c2cnn(C)c2)cc1Nc1ncc(Cl)c(Nc2ccc(-c3ccccc3)cc2P(C)(C)=O)n1. The summed E-state index contributed by atoms with van der Waals surface area (Å²) in [6.45, 7) is 10.3. The van der Waals surface area contributed by atoms with Gasteiger partial charge in [0.15, 0.2) is 5.82 Å². The van der Waals surface area contributed by atoms with Crippen LogP contribution in [0.15, 0.2) is 104 Å². The second-order valence-electron chi connectivity index (χ2n) is 17.9. The lowest BCUT2D eigenvalue weighted by atomic mass is 9.90. The third-order valence-corrected chi connectivity index (χ3v) is 14.8. The maximum atomic E-state index is 13.6. The van der Waals surface area contributed by atoms with Crippen LogP contribution in [0.4, 0.5) is 34.5 Å². The first-order valence-corrected chi connectivity index (χ1v) is 25.5. The summed E-state index contributed by atoms with van der Waals surface area (Å²) in [7, 11) is 0.864. The molecule has 6 aromatic rings. The molecule has 0 spiro atoms. The third-order valence-electron chi connectivity index (χ3n) is 13.0. The van der Waals surface area contributed by atoms with E-state index in [1.807, 2.05) is 84.8 Å². The Morgan fingerprint density at radius 2 is 1.58 bits per heavy atom. The number of imide groups is 1. The van der Waals surface area contributed by atoms with E-state index in [0.29, 0.717) is 58.0 Å². The molecule has 9 rings (SSSR count). The number of hydrogen-bond acceptors (Lipinski definition) is 12. The zero-order valence-corrected chi connectivity index (χ0v) is 39.5. The van der Waals surface area contributed by atoms with Gasteiger partial charge < -0.3 is 29.7 Å². The minimum atomic E-state index is -2.72. The lowest BCUT2D eigenvalue weighted by Gasteiger charge is -2.40. The molecule has 342 valence electrons. The molecular formula is C50H56ClN10O4P. The Morgan fingerprint density at radius 3 is 2.26 bits per heavy atom. The summed E-state index contributed by atoms with van der Waals surface area (Å²) in [6, 6.07) is 28.4. The monoisotopic (exact) mass is 926 g/mol. The fourth-order valence-electron chi connectivity index (χ4n) is 9.38. The first kappa shape index (κ1) is 45.0. The molecule has 3 saturated heterocycles. The molecule has 2 aromatic heterocycles. The van der Waals surface area contributed by atoms with Crippen molar-refractivity contribution in [2.45, 2.75) is 31.6 Å². The van der Waals surface area contributed by atoms with E-state index in [0.717, 1.165) is 92.2 Å². The minimum Gasteiger partial charge on any atom is -0.494 e. The van der Waals surface area contributed by atoms with Gasteiger partial charge in [-0.1, -0.05) is 60.1 Å². The van der Waals surface area contributed by atoms with Crippen LogP contribution in [0.1, 0.15) is 37.2 Å². The van der Waals surface area contributed by atoms with Crippen molar-refractivity contribution in [3.05, 3.63) is 114 Å². The first-order valence-electron chi connectivity index (χ1n) is 22.6. The fraction of sp³-hybridized carbons (Fsp3) is 0.340. The van der Waals surface area contributed by atoms with Gasteiger partial charge in [-0.15, -0.1) is 0 Å². The minimum absolute atomic E-state index is 0.188. The fourth-order valence-corrected chi connectivity index (χ4v) is 10.7. The summed E-state index contributed by atoms with van der Waals surface area (Å²) in [5.41, 5.74) is 8.58. The molecule has 5 heterocycles. The number of rotatable bonds is 13. The highest BCUT2D eigenvalue weighted by Gasteiger charge is 2.30. The Kier molecular flexibility index (Phi) is 13.2. The number of benzene rings is 4. The zero-order valence-electron chi connectivity index (χ0n) is 37.8. The number of halogens is 1. The number of nitrogens with one attached hydrogen (secondary N) is 3. The van der Waals surface area contributed by atoms with E-state index >= 15 is 0 Å². The molecule has 3 aliphatic heterocycles. The number of amides is 2. The third kappa shape index (κ3) is 10.1. The summed E-state index contributed by atoms with van der Waals surface area (Å²) >= 11 is 6.70. The summed E-state index contributed by atoms with van der Waals surface area (Å²) in [4.78, 5) is 40.8. The molecule has 66 heavy (non-hydrogen) atoms. The molecule has 1 atom stereocenters. The number of piperidine rings is 2. The average molecular weight is 927 g/mol. The largest absolute Gasteiger partial charge is 0.494 e. The topological polar surface area (TPSA) is 150 Å². The van der Waals surface area contributed by atoms with Gasteiger partial charge in [0, 0.05) is 99.4 Å². The number of aryl methyl sites for hydroxylation is 1. The molecule has 4 aromatic carbocycles. The zero-order chi connectivity index (χ0) is 46.0. The smallest absolute Gasteiger partial charge is 0.234 e. The molecule has 3 aliphatic rings. The van der Waals surface area contributed by atoms with Crippen LogP contribution in [0.25, 0.3) is 22.3 Å². The Labute approximate surface area is 391 Å². The second kappa shape index (κ2) is 19.3. The van der Waals surface area contributed by atoms with Gasteiger partial charge in [0.25, 0.3) is 0 Å². The van der Waals surface area contributed by atoms with E-state index in [-0.39, 0.29) is 17.7 Å². The van der Waals surface area contributed by atoms with Crippen molar-refractivity contribution in [1.29, 1.82) is 0 Å². The van der Waals surface area contributed by atoms with Crippen molar-refractivity contribution in [2.24, 2.45) is 13.0 Å². The number of methoxy groups -OCH3 is 1. The standard InChI is InChI=1S/C50H56ClN10O4P/c1-58-32-37(29-53-58)40-27-43(55-50-52-30-41(51)48(57-50)54-42-16-12-36(26-46(42)66(3,4)64)34-8-6-5-7-9-34)45(65-2)28-44(40)61-20-18-33(19-21-61)31-59-22-24-60(25-23-59)38-13-10-35(11-14-38)39-15-17-47(62)56-49(39)63/h5-14,16,26-30,32-33,39H,15,17-25,31H2,1-4H3,(H,56,62,63)(H2,52,54,55,57). The molecule has 3 N–H and O–H groups in total. The van der Waals surface area contributed by atoms with Crippen LogP contribution in [-0.2, 0) is 21.2 Å². The van der Waals surface area contributed by atoms with Gasteiger partial charge in [-0.25, -0.2) is 4.98 Å². The van der Waals surface area contributed by atoms with Crippen molar-refractivity contribution in [3.8, 4) is 28.0 Å². The van der Waals surface area contributed by atoms with E-state index < -0.39 is 7.14 Å². The lowest BCUT2D eigenvalue weighted by molar-refractivity contribution is -0.134. The van der Waals surface area contributed by atoms with Crippen LogP contribution in [0.3, 0.4) is 0 Å². The van der Waals surface area contributed by atoms with E-state index in [1.54, 1.807) is 26.6 Å². The van der Waals surface area contributed by atoms with E-state index in [1.165, 1.54) is 5.69 Å².